The van der Waals surface area contributed by atoms with Gasteiger partial charge in [-0.15, -0.1) is 0 Å². The molecular weight excluding hydrogens is 220 g/mol. The van der Waals surface area contributed by atoms with Crippen LogP contribution in [0.3, 0.4) is 0 Å². The van der Waals surface area contributed by atoms with Gasteiger partial charge in [-0.1, -0.05) is 0 Å². The van der Waals surface area contributed by atoms with Crippen molar-refractivity contribution in [1.82, 2.24) is 10.5 Å². The first-order valence-corrected chi connectivity index (χ1v) is 4.56. The standard InChI is InChI=1S/C8H11BrN2O/c1-2-12-11-5-7-3-8(9)6-10-4-7/h3-4,6,11H,2,5H2,1H3. The van der Waals surface area contributed by atoms with Crippen LogP contribution in [0.15, 0.2) is 22.9 Å². The lowest BCUT2D eigenvalue weighted by Crippen LogP contribution is -2.13. The summed E-state index contributed by atoms with van der Waals surface area (Å²) in [5.41, 5.74) is 3.91. The Labute approximate surface area is 80.2 Å². The van der Waals surface area contributed by atoms with E-state index in [1.165, 1.54) is 0 Å². The fourth-order valence-corrected chi connectivity index (χ4v) is 1.20. The Balaban J connectivity index is 2.41. The second kappa shape index (κ2) is 5.24. The lowest BCUT2D eigenvalue weighted by molar-refractivity contribution is 0.0463. The maximum absolute atomic E-state index is 4.98. The van der Waals surface area contributed by atoms with Crippen molar-refractivity contribution in [2.75, 3.05) is 6.61 Å². The topological polar surface area (TPSA) is 34.1 Å². The second-order valence-electron chi connectivity index (χ2n) is 2.27. The number of nitrogens with one attached hydrogen (secondary N) is 1. The van der Waals surface area contributed by atoms with Crippen molar-refractivity contribution in [3.63, 3.8) is 0 Å². The highest BCUT2D eigenvalue weighted by molar-refractivity contribution is 9.10. The van der Waals surface area contributed by atoms with Crippen molar-refractivity contribution < 1.29 is 4.84 Å². The molecule has 0 amide bonds. The molecule has 0 radical (unpaired) electrons. The van der Waals surface area contributed by atoms with Crippen LogP contribution in [0, 0.1) is 0 Å². The molecule has 1 N–H and O–H groups in total. The van der Waals surface area contributed by atoms with E-state index in [1.54, 1.807) is 12.4 Å². The first kappa shape index (κ1) is 9.64. The molecule has 1 aromatic rings. The first-order valence-electron chi connectivity index (χ1n) is 3.77. The predicted octanol–water partition coefficient (Wildman–Crippen LogP) is 1.89. The van der Waals surface area contributed by atoms with E-state index in [0.717, 1.165) is 10.0 Å². The Kier molecular flexibility index (Phi) is 4.21. The highest BCUT2D eigenvalue weighted by Crippen LogP contribution is 2.08. The van der Waals surface area contributed by atoms with Gasteiger partial charge in [-0.05, 0) is 34.5 Å². The quantitative estimate of drug-likeness (QED) is 0.634. The molecule has 4 heteroatoms. The molecule has 0 unspecified atom stereocenters. The van der Waals surface area contributed by atoms with Gasteiger partial charge < -0.3 is 4.84 Å². The van der Waals surface area contributed by atoms with Crippen molar-refractivity contribution in [1.29, 1.82) is 0 Å². The zero-order valence-corrected chi connectivity index (χ0v) is 8.47. The maximum atomic E-state index is 4.98. The molecule has 0 aliphatic carbocycles. The molecule has 1 aromatic heterocycles. The van der Waals surface area contributed by atoms with Crippen molar-refractivity contribution in [3.05, 3.63) is 28.5 Å². The third-order valence-corrected chi connectivity index (χ3v) is 1.72. The summed E-state index contributed by atoms with van der Waals surface area (Å²) in [6.45, 7) is 3.29. The van der Waals surface area contributed by atoms with Crippen LogP contribution in [0.5, 0.6) is 0 Å². The number of halogens is 1. The molecule has 0 aliphatic rings. The van der Waals surface area contributed by atoms with Gasteiger partial charge in [-0.3, -0.25) is 4.98 Å². The Hall–Kier alpha value is -0.450. The Bertz CT molecular complexity index is 242. The fraction of sp³-hybridized carbons (Fsp3) is 0.375. The van der Waals surface area contributed by atoms with Gasteiger partial charge in [-0.2, -0.15) is 5.48 Å². The highest BCUT2D eigenvalue weighted by Gasteiger charge is 1.93. The van der Waals surface area contributed by atoms with Crippen LogP contribution in [0.2, 0.25) is 0 Å². The summed E-state index contributed by atoms with van der Waals surface area (Å²) in [7, 11) is 0. The number of nitrogens with zero attached hydrogens (tertiary/aromatic N) is 1. The van der Waals surface area contributed by atoms with E-state index in [1.807, 2.05) is 13.0 Å². The minimum Gasteiger partial charge on any atom is -0.302 e. The van der Waals surface area contributed by atoms with Crippen molar-refractivity contribution >= 4 is 15.9 Å². The van der Waals surface area contributed by atoms with E-state index in [9.17, 15) is 0 Å². The summed E-state index contributed by atoms with van der Waals surface area (Å²) < 4.78 is 0.985. The summed E-state index contributed by atoms with van der Waals surface area (Å²) in [6, 6.07) is 2.00. The van der Waals surface area contributed by atoms with Gasteiger partial charge in [0, 0.05) is 23.4 Å². The molecule has 0 bridgehead atoms. The van der Waals surface area contributed by atoms with Gasteiger partial charge in [0.05, 0.1) is 6.61 Å². The average molecular weight is 231 g/mol. The molecular formula is C8H11BrN2O. The van der Waals surface area contributed by atoms with Gasteiger partial charge in [0.1, 0.15) is 0 Å². The molecule has 3 nitrogen and oxygen atoms in total. The summed E-state index contributed by atoms with van der Waals surface area (Å²) in [5.74, 6) is 0. The molecule has 0 atom stereocenters. The van der Waals surface area contributed by atoms with Crippen LogP contribution in [0.4, 0.5) is 0 Å². The van der Waals surface area contributed by atoms with Crippen LogP contribution < -0.4 is 5.48 Å². The number of aromatic nitrogens is 1. The smallest absolute Gasteiger partial charge is 0.0654 e. The SMILES string of the molecule is CCONCc1cncc(Br)c1. The monoisotopic (exact) mass is 230 g/mol. The van der Waals surface area contributed by atoms with Crippen molar-refractivity contribution in [3.8, 4) is 0 Å². The van der Waals surface area contributed by atoms with Gasteiger partial charge >= 0.3 is 0 Å². The van der Waals surface area contributed by atoms with E-state index in [0.29, 0.717) is 13.2 Å². The number of rotatable bonds is 4. The van der Waals surface area contributed by atoms with E-state index >= 15 is 0 Å². The Morgan fingerprint density at radius 2 is 2.42 bits per heavy atom. The van der Waals surface area contributed by atoms with Crippen molar-refractivity contribution in [2.45, 2.75) is 13.5 Å². The van der Waals surface area contributed by atoms with Gasteiger partial charge in [0.2, 0.25) is 0 Å². The molecule has 1 rings (SSSR count). The summed E-state index contributed by atoms with van der Waals surface area (Å²) in [4.78, 5) is 9.00. The lowest BCUT2D eigenvalue weighted by Gasteiger charge is -2.02. The minimum atomic E-state index is 0.668. The third-order valence-electron chi connectivity index (χ3n) is 1.28. The molecule has 12 heavy (non-hydrogen) atoms. The van der Waals surface area contributed by atoms with Crippen molar-refractivity contribution in [2.24, 2.45) is 0 Å². The molecule has 0 aliphatic heterocycles. The van der Waals surface area contributed by atoms with E-state index < -0.39 is 0 Å². The number of hydrogen-bond donors (Lipinski definition) is 1. The first-order chi connectivity index (χ1) is 5.83. The molecule has 0 saturated carbocycles. The molecule has 0 fully saturated rings. The van der Waals surface area contributed by atoms with Gasteiger partial charge in [0.15, 0.2) is 0 Å². The summed E-state index contributed by atoms with van der Waals surface area (Å²) >= 11 is 3.34. The number of hydroxylamine groups is 1. The largest absolute Gasteiger partial charge is 0.302 e. The minimum absolute atomic E-state index is 0.668. The lowest BCUT2D eigenvalue weighted by atomic mass is 10.3. The molecule has 0 aromatic carbocycles. The fourth-order valence-electron chi connectivity index (χ4n) is 0.789. The second-order valence-corrected chi connectivity index (χ2v) is 3.18. The molecule has 0 saturated heterocycles. The van der Waals surface area contributed by atoms with Gasteiger partial charge in [0.25, 0.3) is 0 Å². The summed E-state index contributed by atoms with van der Waals surface area (Å²) in [5, 5.41) is 0. The van der Waals surface area contributed by atoms with E-state index in [-0.39, 0.29) is 0 Å². The average Bonchev–Trinajstić information content (AvgIpc) is 2.05. The normalized spacial score (nSPS) is 10.2. The molecule has 0 spiro atoms. The third kappa shape index (κ3) is 3.30. The van der Waals surface area contributed by atoms with Gasteiger partial charge in [-0.25, -0.2) is 0 Å². The van der Waals surface area contributed by atoms with Crippen LogP contribution >= 0.6 is 15.9 Å². The Morgan fingerprint density at radius 1 is 1.58 bits per heavy atom. The molecule has 66 valence electrons. The van der Waals surface area contributed by atoms with Crippen LogP contribution in [-0.2, 0) is 11.4 Å². The van der Waals surface area contributed by atoms with E-state index in [2.05, 4.69) is 26.4 Å². The van der Waals surface area contributed by atoms with Crippen LogP contribution in [0.1, 0.15) is 12.5 Å². The molecule has 1 heterocycles. The zero-order chi connectivity index (χ0) is 8.81. The summed E-state index contributed by atoms with van der Waals surface area (Å²) in [6.07, 6.45) is 3.56. The number of pyridine rings is 1. The zero-order valence-electron chi connectivity index (χ0n) is 6.88. The Morgan fingerprint density at radius 3 is 3.08 bits per heavy atom. The van der Waals surface area contributed by atoms with Crippen LogP contribution in [0.25, 0.3) is 0 Å². The van der Waals surface area contributed by atoms with E-state index in [4.69, 9.17) is 4.84 Å². The number of hydrogen-bond acceptors (Lipinski definition) is 3. The maximum Gasteiger partial charge on any atom is 0.0654 e. The predicted molar refractivity (Wildman–Crippen MR) is 50.4 cm³/mol. The van der Waals surface area contributed by atoms with Crippen LogP contribution in [-0.4, -0.2) is 11.6 Å². The highest BCUT2D eigenvalue weighted by atomic mass is 79.9.